The topological polar surface area (TPSA) is 196 Å². The lowest BCUT2D eigenvalue weighted by molar-refractivity contribution is -0.243. The average Bonchev–Trinajstić information content (AvgIpc) is 4.20. The highest BCUT2D eigenvalue weighted by molar-refractivity contribution is 7.91. The van der Waals surface area contributed by atoms with E-state index in [0.29, 0.717) is 49.9 Å². The number of ether oxygens (including phenoxy) is 3. The van der Waals surface area contributed by atoms with Crippen LogP contribution in [-0.2, 0) is 34.6 Å². The lowest BCUT2D eigenvalue weighted by Gasteiger charge is -2.26. The average molecular weight is 1020 g/mol. The molecule has 402 valence electrons. The van der Waals surface area contributed by atoms with Gasteiger partial charge in [-0.3, -0.25) is 19.1 Å². The minimum absolute atomic E-state index is 0. The Labute approximate surface area is 423 Å². The minimum atomic E-state index is -4.60. The third-order valence-corrected chi connectivity index (χ3v) is 14.9. The van der Waals surface area contributed by atoms with Crippen LogP contribution in [0.2, 0.25) is 0 Å². The van der Waals surface area contributed by atoms with Crippen molar-refractivity contribution in [2.75, 3.05) is 13.7 Å². The number of alkyl halides is 3. The second kappa shape index (κ2) is 25.3. The van der Waals surface area contributed by atoms with E-state index < -0.39 is 38.7 Å². The molecule has 0 unspecified atom stereocenters. The van der Waals surface area contributed by atoms with Crippen LogP contribution in [0.15, 0.2) is 60.7 Å². The number of nitrogens with two attached hydrogens (primary N) is 1. The molecule has 3 fully saturated rings. The number of sulfonamides is 1. The summed E-state index contributed by atoms with van der Waals surface area (Å²) in [5.74, 6) is 2.39. The fourth-order valence-corrected chi connectivity index (χ4v) is 9.11. The Hall–Kier alpha value is -5.39. The number of hydrogen-bond acceptors (Lipinski definition) is 10. The van der Waals surface area contributed by atoms with Crippen LogP contribution in [0.5, 0.6) is 11.6 Å². The predicted molar refractivity (Wildman–Crippen MR) is 279 cm³/mol. The standard InChI is InChI=1S/C39H49N3O4.C5H8F3NO2.C5H9NO3S.2C2H6.3H2/c1-24-9-7-8-10-27-20-34(27)40-37(44)35-22-31(23-42(35)36(43)18-25(2)17-24)46-38-32-16-15-30(45-6)19-28(32)21-33(41-38)26-11-13-29(14-12-26)39(3,4)5;1-4(2,5(6,7)8)11-3(9)10;1-5(2-3-5)10(8,9)6-4-7;2*1-2;;;/h8,10-16,19,21,24-25,27,31,34-35H,7,9,17-18,20,22-23H2,1-6H3,(H,40,44);1-2H3,(H2,9,10);4H,2-3H2,1H3,(H,6,7);2*1-2H3;3*1H/b10-8-;;;;;;;/t24-,25-,27-,31-,34-,35+;;;;;;;/m1......./s1. The molecule has 3 aromatic rings. The molecule has 4 aliphatic rings. The summed E-state index contributed by atoms with van der Waals surface area (Å²) in [4.78, 5) is 54.0. The van der Waals surface area contributed by atoms with Crippen molar-refractivity contribution in [3.8, 4) is 22.9 Å². The first kappa shape index (κ1) is 59.9. The van der Waals surface area contributed by atoms with E-state index in [9.17, 15) is 40.8 Å². The number of carbonyl (C=O) groups is 4. The number of amides is 4. The van der Waals surface area contributed by atoms with Crippen molar-refractivity contribution < 1.29 is 59.3 Å². The molecule has 7 rings (SSSR count). The monoisotopic (exact) mass is 1020 g/mol. The summed E-state index contributed by atoms with van der Waals surface area (Å²) in [6.07, 6.45) is 4.63. The van der Waals surface area contributed by atoms with Gasteiger partial charge in [-0.05, 0) is 118 Å². The molecule has 1 saturated heterocycles. The Morgan fingerprint density at radius 1 is 0.958 bits per heavy atom. The van der Waals surface area contributed by atoms with E-state index in [0.717, 1.165) is 67.3 Å². The maximum atomic E-state index is 13.8. The zero-order valence-corrected chi connectivity index (χ0v) is 44.7. The number of fused-ring (bicyclic) bond motifs is 3. The quantitative estimate of drug-likeness (QED) is 0.144. The summed E-state index contributed by atoms with van der Waals surface area (Å²) < 4.78 is 74.7. The van der Waals surface area contributed by atoms with E-state index in [-0.39, 0.29) is 46.0 Å². The van der Waals surface area contributed by atoms with E-state index in [1.54, 1.807) is 18.9 Å². The van der Waals surface area contributed by atoms with Gasteiger partial charge in [0.1, 0.15) is 17.9 Å². The summed E-state index contributed by atoms with van der Waals surface area (Å²) in [5, 5.41) is 5.06. The van der Waals surface area contributed by atoms with Gasteiger partial charge in [0.15, 0.2) is 0 Å². The second-order valence-electron chi connectivity index (χ2n) is 20.1. The van der Waals surface area contributed by atoms with Gasteiger partial charge in [0, 0.05) is 34.1 Å². The molecule has 0 radical (unpaired) electrons. The Kier molecular flexibility index (Phi) is 21.4. The van der Waals surface area contributed by atoms with Gasteiger partial charge in [-0.15, -0.1) is 0 Å². The van der Waals surface area contributed by atoms with Gasteiger partial charge < -0.3 is 30.2 Å². The normalized spacial score (nSPS) is 23.4. The molecule has 0 spiro atoms. The SMILES string of the molecule is CC.CC.CC(C)(OC(N)=O)C(F)(F)F.CC1(S(=O)(=O)NC=O)CC1.COc1ccc2c(O[C@@H]3C[C@H]4C(=O)N[C@@H]5C[C@H]5/C=C\CC[C@@H](C)C[C@@H](C)CC(=O)N4C3)nc(-c3ccc(C(C)(C)C)cc3)cc2c1.[HH].[HH].[HH]. The van der Waals surface area contributed by atoms with Gasteiger partial charge in [0.25, 0.3) is 0 Å². The fourth-order valence-electron chi connectivity index (χ4n) is 8.06. The summed E-state index contributed by atoms with van der Waals surface area (Å²) in [7, 11) is -1.69. The maximum absolute atomic E-state index is 13.8. The van der Waals surface area contributed by atoms with Crippen molar-refractivity contribution in [3.63, 3.8) is 0 Å². The first-order chi connectivity index (χ1) is 33.2. The number of benzene rings is 2. The summed E-state index contributed by atoms with van der Waals surface area (Å²) >= 11 is 0. The van der Waals surface area contributed by atoms with Crippen LogP contribution in [0.3, 0.4) is 0 Å². The van der Waals surface area contributed by atoms with Crippen molar-refractivity contribution >= 4 is 45.1 Å². The molecule has 4 N–H and O–H groups in total. The number of rotatable bonds is 8. The highest BCUT2D eigenvalue weighted by Crippen LogP contribution is 2.42. The smallest absolute Gasteiger partial charge is 0.427 e. The van der Waals surface area contributed by atoms with Crippen molar-refractivity contribution in [2.24, 2.45) is 23.5 Å². The molecule has 2 aliphatic carbocycles. The van der Waals surface area contributed by atoms with Gasteiger partial charge in [0.05, 0.1) is 24.1 Å². The lowest BCUT2D eigenvalue weighted by Crippen LogP contribution is -2.47. The van der Waals surface area contributed by atoms with E-state index in [1.807, 2.05) is 50.6 Å². The van der Waals surface area contributed by atoms with Crippen LogP contribution in [0, 0.1) is 17.8 Å². The number of methoxy groups -OCH3 is 1. The molecule has 71 heavy (non-hydrogen) atoms. The van der Waals surface area contributed by atoms with Crippen LogP contribution in [-0.4, -0.2) is 91.0 Å². The van der Waals surface area contributed by atoms with Gasteiger partial charge >= 0.3 is 12.3 Å². The number of pyridine rings is 1. The zero-order valence-electron chi connectivity index (χ0n) is 43.9. The molecule has 2 aliphatic heterocycles. The largest absolute Gasteiger partial charge is 0.497 e. The van der Waals surface area contributed by atoms with Gasteiger partial charge in [-0.1, -0.05) is 98.7 Å². The molecule has 6 atom stereocenters. The maximum Gasteiger partial charge on any atom is 0.427 e. The number of aromatic nitrogens is 1. The third kappa shape index (κ3) is 16.8. The zero-order chi connectivity index (χ0) is 53.7. The van der Waals surface area contributed by atoms with E-state index in [1.165, 1.54) is 5.56 Å². The molecular weight excluding hydrogens is 940 g/mol. The number of primary amides is 1. The molecule has 3 heterocycles. The number of nitrogens with zero attached hydrogens (tertiary/aromatic N) is 2. The van der Waals surface area contributed by atoms with Crippen LogP contribution in [0.1, 0.15) is 144 Å². The molecular formula is C53H84F3N5O9S. The molecule has 2 aromatic carbocycles. The second-order valence-corrected chi connectivity index (χ2v) is 22.3. The van der Waals surface area contributed by atoms with Crippen LogP contribution in [0.25, 0.3) is 22.0 Å². The van der Waals surface area contributed by atoms with E-state index in [4.69, 9.17) is 14.5 Å². The highest BCUT2D eigenvalue weighted by Gasteiger charge is 2.51. The number of allylic oxidation sites excluding steroid dienone is 1. The number of hydrogen-bond donors (Lipinski definition) is 3. The van der Waals surface area contributed by atoms with Crippen molar-refractivity contribution in [3.05, 3.63) is 66.2 Å². The molecule has 2 saturated carbocycles. The Morgan fingerprint density at radius 3 is 2.13 bits per heavy atom. The third-order valence-electron chi connectivity index (χ3n) is 12.8. The van der Waals surface area contributed by atoms with Crippen LogP contribution >= 0.6 is 0 Å². The fraction of sp³-hybridized carbons (Fsp3) is 0.604. The molecule has 14 nitrogen and oxygen atoms in total. The molecule has 0 bridgehead atoms. The van der Waals surface area contributed by atoms with Crippen molar-refractivity contribution in [2.45, 2.75) is 175 Å². The summed E-state index contributed by atoms with van der Waals surface area (Å²) in [6.45, 7) is 22.5. The first-order valence-electron chi connectivity index (χ1n) is 24.7. The Bertz CT molecular complexity index is 2420. The Balaban J connectivity index is 0.00000158. The van der Waals surface area contributed by atoms with E-state index >= 15 is 0 Å². The number of nitrogens with one attached hydrogen (secondary N) is 2. The number of halogens is 3. The van der Waals surface area contributed by atoms with Crippen LogP contribution in [0.4, 0.5) is 18.0 Å². The minimum Gasteiger partial charge on any atom is -0.497 e. The number of carbonyl (C=O) groups excluding carboxylic acids is 4. The van der Waals surface area contributed by atoms with Crippen molar-refractivity contribution in [1.29, 1.82) is 0 Å². The van der Waals surface area contributed by atoms with Crippen LogP contribution < -0.4 is 25.2 Å². The highest BCUT2D eigenvalue weighted by atomic mass is 32.2. The molecule has 18 heteroatoms. The Morgan fingerprint density at radius 2 is 1.59 bits per heavy atom. The lowest BCUT2D eigenvalue weighted by atomic mass is 9.86. The predicted octanol–water partition coefficient (Wildman–Crippen LogP) is 11.3. The van der Waals surface area contributed by atoms with Gasteiger partial charge in [-0.2, -0.15) is 13.2 Å². The first-order valence-corrected chi connectivity index (χ1v) is 26.2. The summed E-state index contributed by atoms with van der Waals surface area (Å²) in [5.41, 5.74) is 5.00. The van der Waals surface area contributed by atoms with Gasteiger partial charge in [0.2, 0.25) is 39.7 Å². The molecule has 4 amide bonds. The van der Waals surface area contributed by atoms with Gasteiger partial charge in [-0.25, -0.2) is 18.2 Å². The summed E-state index contributed by atoms with van der Waals surface area (Å²) in [6, 6.07) is 16.0. The molecule has 1 aromatic heterocycles. The van der Waals surface area contributed by atoms with E-state index in [2.05, 4.69) is 92.9 Å². The van der Waals surface area contributed by atoms with Crippen molar-refractivity contribution in [1.82, 2.24) is 19.9 Å².